The average molecular weight is 693 g/mol. The van der Waals surface area contributed by atoms with Crippen molar-refractivity contribution in [3.8, 4) is 17.2 Å². The topological polar surface area (TPSA) is 120 Å². The highest BCUT2D eigenvalue weighted by molar-refractivity contribution is 7.80. The second-order valence-corrected chi connectivity index (χ2v) is 11.7. The summed E-state index contributed by atoms with van der Waals surface area (Å²) in [7, 11) is 0. The number of fused-ring (bicyclic) bond motifs is 1. The third-order valence-corrected chi connectivity index (χ3v) is 8.05. The molecule has 0 fully saturated rings. The average Bonchev–Trinajstić information content (AvgIpc) is 3.10. The molecule has 0 aliphatic carbocycles. The van der Waals surface area contributed by atoms with E-state index in [1.807, 2.05) is 43.3 Å². The van der Waals surface area contributed by atoms with Gasteiger partial charge in [-0.1, -0.05) is 66.7 Å². The number of carbonyl (C=O) groups is 2. The van der Waals surface area contributed by atoms with Crippen LogP contribution in [0.15, 0.2) is 108 Å². The predicted molar refractivity (Wildman–Crippen MR) is 198 cm³/mol. The van der Waals surface area contributed by atoms with Gasteiger partial charge in [-0.2, -0.15) is 5.10 Å². The third-order valence-electron chi connectivity index (χ3n) is 7.83. The van der Waals surface area contributed by atoms with E-state index in [9.17, 15) is 9.59 Å². The van der Waals surface area contributed by atoms with Gasteiger partial charge < -0.3 is 29.6 Å². The van der Waals surface area contributed by atoms with Gasteiger partial charge in [0.25, 0.3) is 5.91 Å². The lowest BCUT2D eigenvalue weighted by atomic mass is 9.95. The molecule has 0 unspecified atom stereocenters. The molecule has 50 heavy (non-hydrogen) atoms. The number of para-hydroxylation sites is 1. The molecule has 4 aromatic carbocycles. The van der Waals surface area contributed by atoms with Crippen LogP contribution in [-0.4, -0.2) is 43.0 Å². The minimum atomic E-state index is -0.636. The van der Waals surface area contributed by atoms with Gasteiger partial charge in [0.1, 0.15) is 12.4 Å². The minimum absolute atomic E-state index is 0.220. The Bertz CT molecular complexity index is 1950. The van der Waals surface area contributed by atoms with E-state index >= 15 is 0 Å². The third kappa shape index (κ3) is 8.66. The number of ether oxygens (including phenoxy) is 4. The highest BCUT2D eigenvalue weighted by Crippen LogP contribution is 2.36. The molecular formula is C39H40N4O6S. The van der Waals surface area contributed by atoms with Gasteiger partial charge in [0.05, 0.1) is 31.0 Å². The van der Waals surface area contributed by atoms with Gasteiger partial charge >= 0.3 is 5.97 Å². The summed E-state index contributed by atoms with van der Waals surface area (Å²) in [5.41, 5.74) is 6.73. The highest BCUT2D eigenvalue weighted by Gasteiger charge is 2.32. The minimum Gasteiger partial charge on any atom is -0.490 e. The number of nitrogens with zero attached hydrogens (tertiary/aromatic N) is 1. The standard InChI is InChI=1S/C39H40N4O6S/c1-5-13-28-20-26(21-33(46-6-2)37(28)49-23-29-16-12-15-27-14-8-9-17-30(27)29)22-40-43-34(44)24-48-32-19-11-10-18-31(32)36-35(38(45)47-7-3)25(4)41-39(50)42-36/h5,8-12,14-22,36H,1,6-7,13,23-24H2,2-4H3,(H,43,44)(H2,41,42,50)/t36-/m0/s1. The first-order valence-corrected chi connectivity index (χ1v) is 16.7. The molecule has 258 valence electrons. The quantitative estimate of drug-likeness (QED) is 0.0426. The van der Waals surface area contributed by atoms with E-state index in [2.05, 4.69) is 52.0 Å². The SMILES string of the molecule is C=CCc1cc(C=NNC(=O)COc2ccccc2[C@@H]2NC(=S)NC(C)=C2C(=O)OCC)cc(OCC)c1OCc1cccc2ccccc12. The lowest BCUT2D eigenvalue weighted by Crippen LogP contribution is -2.45. The summed E-state index contributed by atoms with van der Waals surface area (Å²) in [5, 5.41) is 12.9. The number of hydrogen-bond acceptors (Lipinski definition) is 8. The van der Waals surface area contributed by atoms with Crippen molar-refractivity contribution < 1.29 is 28.5 Å². The largest absolute Gasteiger partial charge is 0.490 e. The fraction of sp³-hybridized carbons (Fsp3) is 0.231. The first-order chi connectivity index (χ1) is 24.3. The lowest BCUT2D eigenvalue weighted by molar-refractivity contribution is -0.139. The maximum atomic E-state index is 12.8. The van der Waals surface area contributed by atoms with E-state index in [4.69, 9.17) is 31.2 Å². The number of rotatable bonds is 15. The Hall–Kier alpha value is -5.68. The number of hydrazone groups is 1. The summed E-state index contributed by atoms with van der Waals surface area (Å²) in [5.74, 6) is 0.643. The van der Waals surface area contributed by atoms with Crippen LogP contribution >= 0.6 is 12.2 Å². The number of benzene rings is 4. The Kier molecular flexibility index (Phi) is 12.2. The van der Waals surface area contributed by atoms with E-state index in [1.165, 1.54) is 6.21 Å². The first-order valence-electron chi connectivity index (χ1n) is 16.3. The van der Waals surface area contributed by atoms with Crippen LogP contribution in [0.3, 0.4) is 0 Å². The van der Waals surface area contributed by atoms with Crippen LogP contribution in [0.25, 0.3) is 10.8 Å². The summed E-state index contributed by atoms with van der Waals surface area (Å²) in [6, 6.07) is 24.6. The lowest BCUT2D eigenvalue weighted by Gasteiger charge is -2.30. The molecule has 0 saturated heterocycles. The Morgan fingerprint density at radius 1 is 0.940 bits per heavy atom. The summed E-state index contributed by atoms with van der Waals surface area (Å²) < 4.78 is 23.6. The first kappa shape index (κ1) is 35.6. The molecule has 0 aromatic heterocycles. The number of allylic oxidation sites excluding steroid dienone is 2. The van der Waals surface area contributed by atoms with Gasteiger partial charge in [0, 0.05) is 16.8 Å². The summed E-state index contributed by atoms with van der Waals surface area (Å²) in [6.07, 6.45) is 3.87. The molecule has 1 heterocycles. The Balaban J connectivity index is 1.28. The zero-order chi connectivity index (χ0) is 35.5. The molecule has 5 rings (SSSR count). The monoisotopic (exact) mass is 692 g/mol. The molecule has 0 spiro atoms. The number of esters is 1. The van der Waals surface area contributed by atoms with Crippen LogP contribution in [0.4, 0.5) is 0 Å². The molecule has 11 heteroatoms. The highest BCUT2D eigenvalue weighted by atomic mass is 32.1. The Morgan fingerprint density at radius 2 is 1.72 bits per heavy atom. The van der Waals surface area contributed by atoms with Crippen LogP contribution in [0.5, 0.6) is 17.2 Å². The van der Waals surface area contributed by atoms with E-state index < -0.39 is 17.9 Å². The van der Waals surface area contributed by atoms with Crippen molar-refractivity contribution in [2.24, 2.45) is 5.10 Å². The molecule has 10 nitrogen and oxygen atoms in total. The van der Waals surface area contributed by atoms with Crippen LogP contribution in [0, 0.1) is 0 Å². The molecule has 0 bridgehead atoms. The molecule has 3 N–H and O–H groups in total. The van der Waals surface area contributed by atoms with Crippen molar-refractivity contribution in [3.05, 3.63) is 125 Å². The second kappa shape index (κ2) is 17.1. The fourth-order valence-electron chi connectivity index (χ4n) is 5.67. The van der Waals surface area contributed by atoms with Gasteiger partial charge in [0.2, 0.25) is 0 Å². The summed E-state index contributed by atoms with van der Waals surface area (Å²) in [4.78, 5) is 25.7. The van der Waals surface area contributed by atoms with Gasteiger partial charge in [-0.05, 0) is 79.5 Å². The number of carbonyl (C=O) groups excluding carboxylic acids is 2. The van der Waals surface area contributed by atoms with Crippen molar-refractivity contribution in [2.45, 2.75) is 39.8 Å². The molecule has 4 aromatic rings. The molecule has 1 aliphatic rings. The van der Waals surface area contributed by atoms with Crippen LogP contribution < -0.4 is 30.3 Å². The number of nitrogens with one attached hydrogen (secondary N) is 3. The summed E-state index contributed by atoms with van der Waals surface area (Å²) >= 11 is 5.35. The Morgan fingerprint density at radius 3 is 2.52 bits per heavy atom. The summed E-state index contributed by atoms with van der Waals surface area (Å²) in [6.45, 7) is 10.0. The predicted octanol–water partition coefficient (Wildman–Crippen LogP) is 6.43. The normalized spacial score (nSPS) is 14.1. The zero-order valence-electron chi connectivity index (χ0n) is 28.3. The fourth-order valence-corrected chi connectivity index (χ4v) is 5.94. The van der Waals surface area contributed by atoms with E-state index in [-0.39, 0.29) is 13.2 Å². The van der Waals surface area contributed by atoms with Crippen LogP contribution in [-0.2, 0) is 27.4 Å². The van der Waals surface area contributed by atoms with Crippen molar-refractivity contribution in [3.63, 3.8) is 0 Å². The Labute approximate surface area is 297 Å². The van der Waals surface area contributed by atoms with Gasteiger partial charge in [-0.15, -0.1) is 6.58 Å². The van der Waals surface area contributed by atoms with E-state index in [0.717, 1.165) is 21.9 Å². The van der Waals surface area contributed by atoms with Crippen molar-refractivity contribution in [1.29, 1.82) is 0 Å². The van der Waals surface area contributed by atoms with Gasteiger partial charge in [0.15, 0.2) is 23.2 Å². The zero-order valence-corrected chi connectivity index (χ0v) is 29.1. The van der Waals surface area contributed by atoms with Crippen molar-refractivity contribution in [1.82, 2.24) is 16.1 Å². The van der Waals surface area contributed by atoms with Crippen LogP contribution in [0.2, 0.25) is 0 Å². The van der Waals surface area contributed by atoms with E-state index in [1.54, 1.807) is 38.1 Å². The molecular weight excluding hydrogens is 653 g/mol. The molecule has 1 atom stereocenters. The van der Waals surface area contributed by atoms with Crippen LogP contribution in [0.1, 0.15) is 49.1 Å². The maximum absolute atomic E-state index is 12.8. The number of thiocarbonyl (C=S) groups is 1. The smallest absolute Gasteiger partial charge is 0.338 e. The maximum Gasteiger partial charge on any atom is 0.338 e. The van der Waals surface area contributed by atoms with E-state index in [0.29, 0.717) is 64.4 Å². The second-order valence-electron chi connectivity index (χ2n) is 11.3. The number of amides is 1. The van der Waals surface area contributed by atoms with Gasteiger partial charge in [-0.3, -0.25) is 4.79 Å². The van der Waals surface area contributed by atoms with Gasteiger partial charge in [-0.25, -0.2) is 10.2 Å². The number of hydrogen-bond donors (Lipinski definition) is 3. The molecule has 0 saturated carbocycles. The van der Waals surface area contributed by atoms with Crippen molar-refractivity contribution >= 4 is 46.2 Å². The van der Waals surface area contributed by atoms with Crippen molar-refractivity contribution in [2.75, 3.05) is 19.8 Å². The molecule has 1 aliphatic heterocycles. The molecule has 1 amide bonds. The molecule has 0 radical (unpaired) electrons.